The maximum absolute atomic E-state index is 5.79. The second-order valence-electron chi connectivity index (χ2n) is 5.20. The van der Waals surface area contributed by atoms with Crippen LogP contribution in [0.4, 0.5) is 5.95 Å². The van der Waals surface area contributed by atoms with Gasteiger partial charge in [-0.3, -0.25) is 0 Å². The summed E-state index contributed by atoms with van der Waals surface area (Å²) < 4.78 is 5.79. The number of rotatable bonds is 1. The molecule has 1 aliphatic rings. The monoisotopic (exact) mass is 269 g/mol. The molecule has 0 unspecified atom stereocenters. The summed E-state index contributed by atoms with van der Waals surface area (Å²) in [6.07, 6.45) is 0. The average Bonchev–Trinajstić information content (AvgIpc) is 2.66. The van der Waals surface area contributed by atoms with E-state index >= 15 is 0 Å². The van der Waals surface area contributed by atoms with Gasteiger partial charge in [0.1, 0.15) is 12.4 Å². The average molecular weight is 269 g/mol. The lowest BCUT2D eigenvalue weighted by Gasteiger charge is -2.21. The van der Waals surface area contributed by atoms with E-state index in [1.54, 1.807) is 0 Å². The molecule has 0 amide bonds. The van der Waals surface area contributed by atoms with Gasteiger partial charge in [-0.1, -0.05) is 18.2 Å². The third-order valence-corrected chi connectivity index (χ3v) is 3.86. The summed E-state index contributed by atoms with van der Waals surface area (Å²) in [6, 6.07) is 8.16. The highest BCUT2D eigenvalue weighted by Crippen LogP contribution is 2.25. The van der Waals surface area contributed by atoms with Gasteiger partial charge in [-0.15, -0.1) is 0 Å². The van der Waals surface area contributed by atoms with Gasteiger partial charge in [0.05, 0.1) is 6.54 Å². The van der Waals surface area contributed by atoms with Crippen molar-refractivity contribution in [2.24, 2.45) is 0 Å². The fourth-order valence-electron chi connectivity index (χ4n) is 2.39. The molecular weight excluding hydrogens is 250 g/mol. The zero-order chi connectivity index (χ0) is 14.1. The third kappa shape index (κ3) is 2.33. The second-order valence-corrected chi connectivity index (χ2v) is 5.20. The van der Waals surface area contributed by atoms with Crippen molar-refractivity contribution in [3.05, 3.63) is 46.8 Å². The van der Waals surface area contributed by atoms with Crippen molar-refractivity contribution in [3.63, 3.8) is 0 Å². The Morgan fingerprint density at radius 2 is 1.75 bits per heavy atom. The molecule has 0 fully saturated rings. The highest BCUT2D eigenvalue weighted by molar-refractivity contribution is 5.42. The van der Waals surface area contributed by atoms with Crippen molar-refractivity contribution in [2.45, 2.75) is 27.3 Å². The summed E-state index contributed by atoms with van der Waals surface area (Å²) in [7, 11) is 0. The Hall–Kier alpha value is -2.10. The summed E-state index contributed by atoms with van der Waals surface area (Å²) in [4.78, 5) is 11.4. The van der Waals surface area contributed by atoms with Gasteiger partial charge in [0.25, 0.3) is 0 Å². The molecule has 0 radical (unpaired) electrons. The number of hydrogen-bond donors (Lipinski definition) is 0. The van der Waals surface area contributed by atoms with Crippen LogP contribution in [0.25, 0.3) is 0 Å². The molecule has 3 rings (SSSR count). The van der Waals surface area contributed by atoms with Crippen LogP contribution in [0.5, 0.6) is 5.75 Å². The van der Waals surface area contributed by atoms with E-state index in [9.17, 15) is 0 Å². The van der Waals surface area contributed by atoms with Gasteiger partial charge in [-0.25, -0.2) is 9.97 Å². The molecule has 1 aliphatic heterocycles. The Morgan fingerprint density at radius 1 is 1.05 bits per heavy atom. The highest BCUT2D eigenvalue weighted by atomic mass is 16.5. The summed E-state index contributed by atoms with van der Waals surface area (Å²) in [5.74, 6) is 1.77. The van der Waals surface area contributed by atoms with E-state index in [2.05, 4.69) is 27.9 Å². The molecule has 2 heterocycles. The van der Waals surface area contributed by atoms with E-state index in [1.807, 2.05) is 32.0 Å². The van der Waals surface area contributed by atoms with Crippen LogP contribution in [0.1, 0.15) is 22.5 Å². The maximum Gasteiger partial charge on any atom is 0.226 e. The first-order valence-corrected chi connectivity index (χ1v) is 6.92. The Balaban J connectivity index is 1.95. The van der Waals surface area contributed by atoms with Crippen LogP contribution in [-0.4, -0.2) is 23.1 Å². The SMILES string of the molecule is Cc1nc(N2CCOc3ccccc3C2)nc(C)c1C. The van der Waals surface area contributed by atoms with E-state index in [-0.39, 0.29) is 0 Å². The molecule has 1 aromatic heterocycles. The molecule has 0 atom stereocenters. The minimum atomic E-state index is 0.659. The Morgan fingerprint density at radius 3 is 2.50 bits per heavy atom. The van der Waals surface area contributed by atoms with Crippen LogP contribution in [0.3, 0.4) is 0 Å². The lowest BCUT2D eigenvalue weighted by Crippen LogP contribution is -2.27. The highest BCUT2D eigenvalue weighted by Gasteiger charge is 2.18. The number of aryl methyl sites for hydroxylation is 2. The molecule has 0 saturated carbocycles. The number of aromatic nitrogens is 2. The first-order valence-electron chi connectivity index (χ1n) is 6.92. The maximum atomic E-state index is 5.79. The minimum absolute atomic E-state index is 0.659. The van der Waals surface area contributed by atoms with Crippen molar-refractivity contribution >= 4 is 5.95 Å². The van der Waals surface area contributed by atoms with Crippen LogP contribution in [0.2, 0.25) is 0 Å². The van der Waals surface area contributed by atoms with Gasteiger partial charge in [-0.05, 0) is 32.4 Å². The van der Waals surface area contributed by atoms with Crippen LogP contribution >= 0.6 is 0 Å². The fourth-order valence-corrected chi connectivity index (χ4v) is 2.39. The van der Waals surface area contributed by atoms with Crippen molar-refractivity contribution < 1.29 is 4.74 Å². The van der Waals surface area contributed by atoms with Crippen LogP contribution in [-0.2, 0) is 6.54 Å². The van der Waals surface area contributed by atoms with Crippen molar-refractivity contribution in [2.75, 3.05) is 18.1 Å². The Labute approximate surface area is 119 Å². The van der Waals surface area contributed by atoms with E-state index in [1.165, 1.54) is 11.1 Å². The molecule has 0 N–H and O–H groups in total. The lowest BCUT2D eigenvalue weighted by molar-refractivity contribution is 0.331. The summed E-state index contributed by atoms with van der Waals surface area (Å²) >= 11 is 0. The van der Waals surface area contributed by atoms with Gasteiger partial charge < -0.3 is 9.64 Å². The normalized spacial score (nSPS) is 14.4. The van der Waals surface area contributed by atoms with Crippen LogP contribution < -0.4 is 9.64 Å². The number of anilines is 1. The number of nitrogens with zero attached hydrogens (tertiary/aromatic N) is 3. The molecule has 1 aromatic carbocycles. The molecule has 4 heteroatoms. The molecule has 0 aliphatic carbocycles. The minimum Gasteiger partial charge on any atom is -0.491 e. The fraction of sp³-hybridized carbons (Fsp3) is 0.375. The number of ether oxygens (including phenoxy) is 1. The Kier molecular flexibility index (Phi) is 3.30. The molecule has 0 spiro atoms. The van der Waals surface area contributed by atoms with Crippen LogP contribution in [0, 0.1) is 20.8 Å². The standard InChI is InChI=1S/C16H19N3O/c1-11-12(2)17-16(18-13(11)3)19-8-9-20-15-7-5-4-6-14(15)10-19/h4-7H,8-10H2,1-3H3. The number of hydrogen-bond acceptors (Lipinski definition) is 4. The molecule has 20 heavy (non-hydrogen) atoms. The summed E-state index contributed by atoms with van der Waals surface area (Å²) in [6.45, 7) is 8.39. The molecule has 4 nitrogen and oxygen atoms in total. The smallest absolute Gasteiger partial charge is 0.226 e. The van der Waals surface area contributed by atoms with Crippen LogP contribution in [0.15, 0.2) is 24.3 Å². The van der Waals surface area contributed by atoms with Gasteiger partial charge in [-0.2, -0.15) is 0 Å². The molecule has 104 valence electrons. The molecule has 2 aromatic rings. The third-order valence-electron chi connectivity index (χ3n) is 3.86. The zero-order valence-electron chi connectivity index (χ0n) is 12.2. The number of para-hydroxylation sites is 1. The lowest BCUT2D eigenvalue weighted by atomic mass is 10.2. The zero-order valence-corrected chi connectivity index (χ0v) is 12.2. The topological polar surface area (TPSA) is 38.2 Å². The van der Waals surface area contributed by atoms with Gasteiger partial charge >= 0.3 is 0 Å². The van der Waals surface area contributed by atoms with Crippen molar-refractivity contribution in [3.8, 4) is 5.75 Å². The largest absolute Gasteiger partial charge is 0.491 e. The number of benzene rings is 1. The summed E-state index contributed by atoms with van der Waals surface area (Å²) in [5, 5.41) is 0. The van der Waals surface area contributed by atoms with E-state index in [4.69, 9.17) is 4.74 Å². The van der Waals surface area contributed by atoms with Crippen molar-refractivity contribution in [1.29, 1.82) is 0 Å². The van der Waals surface area contributed by atoms with E-state index in [0.717, 1.165) is 36.2 Å². The van der Waals surface area contributed by atoms with Gasteiger partial charge in [0.15, 0.2) is 0 Å². The van der Waals surface area contributed by atoms with Gasteiger partial charge in [0, 0.05) is 23.5 Å². The van der Waals surface area contributed by atoms with Gasteiger partial charge in [0.2, 0.25) is 5.95 Å². The van der Waals surface area contributed by atoms with E-state index < -0.39 is 0 Å². The van der Waals surface area contributed by atoms with Crippen molar-refractivity contribution in [1.82, 2.24) is 9.97 Å². The predicted octanol–water partition coefficient (Wildman–Crippen LogP) is 2.80. The second kappa shape index (κ2) is 5.12. The first-order chi connectivity index (χ1) is 9.65. The van der Waals surface area contributed by atoms with E-state index in [0.29, 0.717) is 6.61 Å². The molecular formula is C16H19N3O. The first kappa shape index (κ1) is 12.9. The Bertz CT molecular complexity index is 616. The number of fused-ring (bicyclic) bond motifs is 1. The quantitative estimate of drug-likeness (QED) is 0.798. The predicted molar refractivity (Wildman–Crippen MR) is 79.2 cm³/mol. The molecule has 0 saturated heterocycles. The summed E-state index contributed by atoms with van der Waals surface area (Å²) in [5.41, 5.74) is 4.45. The molecule has 0 bridgehead atoms.